The van der Waals surface area contributed by atoms with E-state index >= 15 is 0 Å². The number of para-hydroxylation sites is 2. The third-order valence-electron chi connectivity index (χ3n) is 7.62. The number of fused-ring (bicyclic) bond motifs is 2. The van der Waals surface area contributed by atoms with E-state index in [9.17, 15) is 0 Å². The molecule has 2 aromatic heterocycles. The smallest absolute Gasteiger partial charge is 0.0774 e. The van der Waals surface area contributed by atoms with Crippen molar-refractivity contribution in [3.8, 4) is 28.2 Å². The van der Waals surface area contributed by atoms with Crippen molar-refractivity contribution in [1.82, 2.24) is 9.55 Å². The Balaban J connectivity index is 0.00000337. The molecule has 4 heteroatoms. The monoisotopic (exact) mass is 721 g/mol. The average Bonchev–Trinajstić information content (AvgIpc) is 3.53. The minimum absolute atomic E-state index is 0. The molecule has 0 atom stereocenters. The molecule has 6 aromatic rings. The standard InChI is InChI=1S/C36H35N2S.Ir/c1-22(2)26-16-17-34-30(18-26)31(21-39-34)36-37-32-14-10-11-15-33(32)38(36)35-28(23(3)4)19-27(20-29(35)24(5)6)25-12-8-7-9-13-25;/h7-20,22-24H,1-6H3;/q-1;/i22D;. The minimum Gasteiger partial charge on any atom is -0.333 e. The second-order valence-corrected chi connectivity index (χ2v) is 12.1. The summed E-state index contributed by atoms with van der Waals surface area (Å²) in [7, 11) is 0. The third kappa shape index (κ3) is 4.98. The van der Waals surface area contributed by atoms with E-state index in [1.807, 2.05) is 13.8 Å². The molecule has 1 radical (unpaired) electrons. The summed E-state index contributed by atoms with van der Waals surface area (Å²) in [6.07, 6.45) is 0. The first-order valence-corrected chi connectivity index (χ1v) is 14.6. The number of hydrogen-bond donors (Lipinski definition) is 0. The van der Waals surface area contributed by atoms with Crippen LogP contribution < -0.4 is 0 Å². The van der Waals surface area contributed by atoms with Crippen LogP contribution in [0.3, 0.4) is 0 Å². The summed E-state index contributed by atoms with van der Waals surface area (Å²) in [6.45, 7) is 13.0. The van der Waals surface area contributed by atoms with E-state index in [4.69, 9.17) is 6.35 Å². The van der Waals surface area contributed by atoms with E-state index in [0.29, 0.717) is 11.8 Å². The number of nitrogens with zero attached hydrogens (tertiary/aromatic N) is 2. The summed E-state index contributed by atoms with van der Waals surface area (Å²) in [6, 6.07) is 30.2. The van der Waals surface area contributed by atoms with Gasteiger partial charge in [0.2, 0.25) is 0 Å². The van der Waals surface area contributed by atoms with E-state index in [-0.39, 0.29) is 20.1 Å². The van der Waals surface area contributed by atoms with Gasteiger partial charge in [0, 0.05) is 27.2 Å². The first kappa shape index (κ1) is 27.1. The van der Waals surface area contributed by atoms with Crippen LogP contribution in [-0.2, 0) is 20.1 Å². The summed E-state index contributed by atoms with van der Waals surface area (Å²) in [5.41, 5.74) is 10.4. The Morgan fingerprint density at radius 1 is 0.775 bits per heavy atom. The van der Waals surface area contributed by atoms with Crippen molar-refractivity contribution in [1.29, 1.82) is 0 Å². The van der Waals surface area contributed by atoms with Crippen LogP contribution in [0.4, 0.5) is 0 Å². The van der Waals surface area contributed by atoms with Gasteiger partial charge in [-0.15, -0.1) is 11.5 Å². The zero-order chi connectivity index (χ0) is 28.2. The topological polar surface area (TPSA) is 17.8 Å². The zero-order valence-electron chi connectivity index (χ0n) is 24.9. The molecule has 0 bridgehead atoms. The largest absolute Gasteiger partial charge is 0.333 e. The van der Waals surface area contributed by atoms with Crippen LogP contribution in [-0.4, -0.2) is 9.55 Å². The first-order valence-electron chi connectivity index (χ1n) is 14.3. The fraction of sp³-hybridized carbons (Fsp3) is 0.250. The Bertz CT molecular complexity index is 1810. The van der Waals surface area contributed by atoms with E-state index < -0.39 is 5.89 Å². The van der Waals surface area contributed by atoms with Gasteiger partial charge >= 0.3 is 0 Å². The Kier molecular flexibility index (Phi) is 7.77. The molecule has 205 valence electrons. The van der Waals surface area contributed by atoms with Gasteiger partial charge in [-0.05, 0) is 64.2 Å². The van der Waals surface area contributed by atoms with Gasteiger partial charge in [0.15, 0.2) is 0 Å². The second-order valence-electron chi connectivity index (χ2n) is 11.2. The second kappa shape index (κ2) is 11.4. The average molecular weight is 721 g/mol. The van der Waals surface area contributed by atoms with E-state index in [2.05, 4.69) is 123 Å². The SMILES string of the molecule is [2H]C(C)(C)c1ccc2s[c-]c(-c3nc4ccccc4n3-c3c(C(C)C)cc(-c4ccccc4)cc3C(C)C)c2c1.[Ir]. The molecule has 0 N–H and O–H groups in total. The Labute approximate surface area is 256 Å². The molecule has 2 nitrogen and oxygen atoms in total. The van der Waals surface area contributed by atoms with Crippen molar-refractivity contribution in [2.24, 2.45) is 0 Å². The number of benzene rings is 4. The molecular weight excluding hydrogens is 685 g/mol. The minimum atomic E-state index is -0.684. The molecule has 6 rings (SSSR count). The van der Waals surface area contributed by atoms with Crippen LogP contribution in [0, 0.1) is 5.38 Å². The van der Waals surface area contributed by atoms with Crippen LogP contribution in [0.15, 0.2) is 84.9 Å². The molecule has 0 saturated heterocycles. The molecule has 0 aliphatic heterocycles. The van der Waals surface area contributed by atoms with Crippen LogP contribution in [0.2, 0.25) is 0 Å². The van der Waals surface area contributed by atoms with Gasteiger partial charge < -0.3 is 4.57 Å². The van der Waals surface area contributed by atoms with Crippen LogP contribution >= 0.6 is 11.3 Å². The molecule has 0 fully saturated rings. The Hall–Kier alpha value is -3.04. The first-order chi connectivity index (χ1) is 19.1. The zero-order valence-corrected chi connectivity index (χ0v) is 27.1. The van der Waals surface area contributed by atoms with Gasteiger partial charge in [-0.25, -0.2) is 0 Å². The number of aromatic nitrogens is 2. The maximum atomic E-state index is 8.65. The molecule has 0 amide bonds. The Morgan fingerprint density at radius 2 is 1.43 bits per heavy atom. The van der Waals surface area contributed by atoms with Crippen molar-refractivity contribution in [3.63, 3.8) is 0 Å². The van der Waals surface area contributed by atoms with Crippen molar-refractivity contribution < 1.29 is 21.5 Å². The van der Waals surface area contributed by atoms with Gasteiger partial charge in [0.1, 0.15) is 0 Å². The normalized spacial score (nSPS) is 12.3. The summed E-state index contributed by atoms with van der Waals surface area (Å²) in [5, 5.41) is 4.72. The van der Waals surface area contributed by atoms with Gasteiger partial charge in [0.25, 0.3) is 0 Å². The summed E-state index contributed by atoms with van der Waals surface area (Å²) in [5.74, 6) is 0.841. The summed E-state index contributed by atoms with van der Waals surface area (Å²) < 4.78 is 12.2. The van der Waals surface area contributed by atoms with Crippen molar-refractivity contribution in [2.75, 3.05) is 0 Å². The molecule has 0 aliphatic carbocycles. The quantitative estimate of drug-likeness (QED) is 0.157. The molecule has 0 unspecified atom stereocenters. The number of thiophene rings is 1. The maximum Gasteiger partial charge on any atom is 0.0774 e. The van der Waals surface area contributed by atoms with Crippen LogP contribution in [0.25, 0.3) is 49.3 Å². The molecule has 0 aliphatic rings. The number of hydrogen-bond acceptors (Lipinski definition) is 2. The van der Waals surface area contributed by atoms with Crippen molar-refractivity contribution in [2.45, 2.75) is 59.3 Å². The molecule has 2 heterocycles. The molecule has 0 saturated carbocycles. The molecule has 40 heavy (non-hydrogen) atoms. The molecule has 0 spiro atoms. The van der Waals surface area contributed by atoms with E-state index in [1.165, 1.54) is 27.9 Å². The fourth-order valence-corrected chi connectivity index (χ4v) is 6.31. The number of imidazole rings is 1. The number of rotatable bonds is 6. The van der Waals surface area contributed by atoms with Crippen LogP contribution in [0.5, 0.6) is 0 Å². The maximum absolute atomic E-state index is 8.65. The van der Waals surface area contributed by atoms with Crippen molar-refractivity contribution >= 4 is 32.5 Å². The van der Waals surface area contributed by atoms with E-state index in [1.54, 1.807) is 11.3 Å². The Morgan fingerprint density at radius 3 is 2.08 bits per heavy atom. The fourth-order valence-electron chi connectivity index (χ4n) is 5.49. The molecular formula is C36H35IrN2S-. The predicted octanol–water partition coefficient (Wildman–Crippen LogP) is 10.7. The van der Waals surface area contributed by atoms with Gasteiger partial charge in [0.05, 0.1) is 16.9 Å². The predicted molar refractivity (Wildman–Crippen MR) is 168 cm³/mol. The van der Waals surface area contributed by atoms with E-state index in [0.717, 1.165) is 38.1 Å². The third-order valence-corrected chi connectivity index (χ3v) is 8.50. The summed E-state index contributed by atoms with van der Waals surface area (Å²) in [4.78, 5) is 5.25. The van der Waals surface area contributed by atoms with Gasteiger partial charge in [-0.1, -0.05) is 117 Å². The molecule has 4 aromatic carbocycles. The van der Waals surface area contributed by atoms with Crippen molar-refractivity contribution in [3.05, 3.63) is 107 Å². The van der Waals surface area contributed by atoms with Gasteiger partial charge in [-0.2, -0.15) is 0 Å². The summed E-state index contributed by atoms with van der Waals surface area (Å²) >= 11 is 1.62. The van der Waals surface area contributed by atoms with Gasteiger partial charge in [-0.3, -0.25) is 16.3 Å². The van der Waals surface area contributed by atoms with Crippen LogP contribution in [0.1, 0.15) is 77.3 Å².